The number of anilines is 1. The lowest BCUT2D eigenvalue weighted by atomic mass is 10.2. The van der Waals surface area contributed by atoms with E-state index in [-0.39, 0.29) is 24.3 Å². The van der Waals surface area contributed by atoms with Gasteiger partial charge in [0.2, 0.25) is 5.91 Å². The van der Waals surface area contributed by atoms with Crippen LogP contribution in [0.3, 0.4) is 0 Å². The van der Waals surface area contributed by atoms with Crippen molar-refractivity contribution in [2.24, 2.45) is 0 Å². The molecule has 0 spiro atoms. The maximum atomic E-state index is 12.9. The Morgan fingerprint density at radius 3 is 2.35 bits per heavy atom. The van der Waals surface area contributed by atoms with Crippen LogP contribution < -0.4 is 15.5 Å². The Morgan fingerprint density at radius 2 is 1.74 bits per heavy atom. The summed E-state index contributed by atoms with van der Waals surface area (Å²) in [5.74, 6) is -0.387. The van der Waals surface area contributed by atoms with Gasteiger partial charge in [-0.05, 0) is 37.1 Å². The number of urea groups is 1. The quantitative estimate of drug-likeness (QED) is 0.868. The molecule has 2 N–H and O–H groups in total. The zero-order chi connectivity index (χ0) is 16.2. The minimum atomic E-state index is -0.253. The molecule has 1 aliphatic heterocycles. The molecule has 23 heavy (non-hydrogen) atoms. The number of hydrogen-bond acceptors (Lipinski definition) is 3. The van der Waals surface area contributed by atoms with Crippen molar-refractivity contribution in [1.82, 2.24) is 15.5 Å². The summed E-state index contributed by atoms with van der Waals surface area (Å²) < 4.78 is 12.9. The average molecular weight is 320 g/mol. The molecule has 3 amide bonds. The van der Waals surface area contributed by atoms with Gasteiger partial charge >= 0.3 is 6.03 Å². The van der Waals surface area contributed by atoms with Gasteiger partial charge in [-0.1, -0.05) is 0 Å². The smallest absolute Gasteiger partial charge is 0.317 e. The van der Waals surface area contributed by atoms with E-state index >= 15 is 0 Å². The molecule has 7 heteroatoms. The summed E-state index contributed by atoms with van der Waals surface area (Å²) in [6.45, 7) is 2.55. The third-order valence-corrected chi connectivity index (χ3v) is 4.10. The number of carbonyl (C=O) groups is 2. The number of nitrogens with one attached hydrogen (secondary N) is 2. The van der Waals surface area contributed by atoms with Gasteiger partial charge in [0.05, 0.1) is 6.54 Å². The minimum absolute atomic E-state index is 0.0213. The van der Waals surface area contributed by atoms with Gasteiger partial charge in [0.25, 0.3) is 0 Å². The molecule has 1 aliphatic carbocycles. The molecule has 1 aromatic carbocycles. The normalized spacial score (nSPS) is 17.8. The maximum absolute atomic E-state index is 12.9. The molecule has 0 atom stereocenters. The SMILES string of the molecule is O=C(CNC(=O)N1CCN(c2ccc(F)cc2)CC1)NC1CC1. The van der Waals surface area contributed by atoms with Crippen molar-refractivity contribution >= 4 is 17.6 Å². The number of carbonyl (C=O) groups excluding carboxylic acids is 2. The number of nitrogens with zero attached hydrogens (tertiary/aromatic N) is 2. The lowest BCUT2D eigenvalue weighted by Crippen LogP contribution is -2.53. The summed E-state index contributed by atoms with van der Waals surface area (Å²) in [7, 11) is 0. The highest BCUT2D eigenvalue weighted by Gasteiger charge is 2.24. The zero-order valence-corrected chi connectivity index (χ0v) is 12.9. The molecule has 6 nitrogen and oxygen atoms in total. The Bertz CT molecular complexity index is 566. The number of hydrogen-bond donors (Lipinski definition) is 2. The van der Waals surface area contributed by atoms with Crippen molar-refractivity contribution in [3.8, 4) is 0 Å². The second-order valence-electron chi connectivity index (χ2n) is 5.95. The molecular weight excluding hydrogens is 299 g/mol. The van der Waals surface area contributed by atoms with Gasteiger partial charge in [-0.25, -0.2) is 9.18 Å². The standard InChI is InChI=1S/C16H21FN4O2/c17-12-1-5-14(6-2-12)20-7-9-21(10-8-20)16(23)18-11-15(22)19-13-3-4-13/h1-2,5-6,13H,3-4,7-11H2,(H,18,23)(H,19,22). The van der Waals surface area contributed by atoms with Crippen molar-refractivity contribution in [2.75, 3.05) is 37.6 Å². The lowest BCUT2D eigenvalue weighted by molar-refractivity contribution is -0.120. The van der Waals surface area contributed by atoms with Crippen LogP contribution in [0.5, 0.6) is 0 Å². The van der Waals surface area contributed by atoms with Crippen LogP contribution in [0, 0.1) is 5.82 Å². The number of benzene rings is 1. The first-order chi connectivity index (χ1) is 11.1. The monoisotopic (exact) mass is 320 g/mol. The largest absolute Gasteiger partial charge is 0.368 e. The van der Waals surface area contributed by atoms with E-state index in [2.05, 4.69) is 15.5 Å². The van der Waals surface area contributed by atoms with Gasteiger partial charge in [-0.2, -0.15) is 0 Å². The summed E-state index contributed by atoms with van der Waals surface area (Å²) in [4.78, 5) is 27.4. The van der Waals surface area contributed by atoms with Gasteiger partial charge < -0.3 is 20.4 Å². The van der Waals surface area contributed by atoms with Gasteiger partial charge in [-0.3, -0.25) is 4.79 Å². The van der Waals surface area contributed by atoms with Crippen molar-refractivity contribution in [1.29, 1.82) is 0 Å². The first-order valence-electron chi connectivity index (χ1n) is 7.94. The third-order valence-electron chi connectivity index (χ3n) is 4.10. The number of rotatable bonds is 4. The van der Waals surface area contributed by atoms with E-state index in [1.54, 1.807) is 17.0 Å². The van der Waals surface area contributed by atoms with E-state index in [1.165, 1.54) is 12.1 Å². The molecule has 2 aliphatic rings. The molecular formula is C16H21FN4O2. The molecule has 0 unspecified atom stereocenters. The Morgan fingerprint density at radius 1 is 1.09 bits per heavy atom. The fraction of sp³-hybridized carbons (Fsp3) is 0.500. The summed E-state index contributed by atoms with van der Waals surface area (Å²) in [6, 6.07) is 6.45. The Hall–Kier alpha value is -2.31. The van der Waals surface area contributed by atoms with Crippen LogP contribution in [0.15, 0.2) is 24.3 Å². The van der Waals surface area contributed by atoms with Gasteiger partial charge in [-0.15, -0.1) is 0 Å². The average Bonchev–Trinajstić information content (AvgIpc) is 3.37. The van der Waals surface area contributed by atoms with Crippen LogP contribution in [0.25, 0.3) is 0 Å². The fourth-order valence-electron chi connectivity index (χ4n) is 2.59. The molecule has 1 saturated carbocycles. The topological polar surface area (TPSA) is 64.7 Å². The van der Waals surface area contributed by atoms with Crippen LogP contribution in [0.4, 0.5) is 14.9 Å². The molecule has 3 rings (SSSR count). The molecule has 1 aromatic rings. The summed E-state index contributed by atoms with van der Waals surface area (Å²) in [5, 5.41) is 5.49. The molecule has 0 radical (unpaired) electrons. The van der Waals surface area contributed by atoms with Crippen LogP contribution in [0.1, 0.15) is 12.8 Å². The van der Waals surface area contributed by atoms with E-state index in [1.807, 2.05) is 0 Å². The molecule has 0 aromatic heterocycles. The first-order valence-corrected chi connectivity index (χ1v) is 7.94. The molecule has 1 saturated heterocycles. The van der Waals surface area contributed by atoms with E-state index in [4.69, 9.17) is 0 Å². The van der Waals surface area contributed by atoms with E-state index < -0.39 is 0 Å². The van der Waals surface area contributed by atoms with Crippen LogP contribution in [-0.4, -0.2) is 55.6 Å². The minimum Gasteiger partial charge on any atom is -0.368 e. The second-order valence-corrected chi connectivity index (χ2v) is 5.95. The lowest BCUT2D eigenvalue weighted by Gasteiger charge is -2.36. The molecule has 0 bridgehead atoms. The van der Waals surface area contributed by atoms with E-state index in [0.717, 1.165) is 18.5 Å². The van der Waals surface area contributed by atoms with Crippen LogP contribution in [-0.2, 0) is 4.79 Å². The van der Waals surface area contributed by atoms with Gasteiger partial charge in [0.1, 0.15) is 5.82 Å². The highest BCUT2D eigenvalue weighted by molar-refractivity contribution is 5.84. The maximum Gasteiger partial charge on any atom is 0.317 e. The fourth-order valence-corrected chi connectivity index (χ4v) is 2.59. The molecule has 1 heterocycles. The van der Waals surface area contributed by atoms with Crippen molar-refractivity contribution in [3.05, 3.63) is 30.1 Å². The molecule has 124 valence electrons. The number of piperazine rings is 1. The predicted molar refractivity (Wildman–Crippen MR) is 84.7 cm³/mol. The summed E-state index contributed by atoms with van der Waals surface area (Å²) in [6.07, 6.45) is 2.07. The first kappa shape index (κ1) is 15.6. The van der Waals surface area contributed by atoms with Crippen LogP contribution >= 0.6 is 0 Å². The third kappa shape index (κ3) is 4.34. The number of halogens is 1. The van der Waals surface area contributed by atoms with Gasteiger partial charge in [0, 0.05) is 37.9 Å². The van der Waals surface area contributed by atoms with E-state index in [9.17, 15) is 14.0 Å². The highest BCUT2D eigenvalue weighted by Crippen LogP contribution is 2.18. The summed E-state index contributed by atoms with van der Waals surface area (Å²) in [5.41, 5.74) is 0.954. The van der Waals surface area contributed by atoms with Crippen molar-refractivity contribution < 1.29 is 14.0 Å². The van der Waals surface area contributed by atoms with Crippen molar-refractivity contribution in [3.63, 3.8) is 0 Å². The number of amides is 3. The second kappa shape index (κ2) is 6.85. The Kier molecular flexibility index (Phi) is 4.64. The molecule has 2 fully saturated rings. The highest BCUT2D eigenvalue weighted by atomic mass is 19.1. The zero-order valence-electron chi connectivity index (χ0n) is 12.9. The summed E-state index contributed by atoms with van der Waals surface area (Å²) >= 11 is 0. The van der Waals surface area contributed by atoms with Gasteiger partial charge in [0.15, 0.2) is 0 Å². The van der Waals surface area contributed by atoms with Crippen LogP contribution in [0.2, 0.25) is 0 Å². The van der Waals surface area contributed by atoms with Crippen molar-refractivity contribution in [2.45, 2.75) is 18.9 Å². The Labute approximate surface area is 134 Å². The van der Waals surface area contributed by atoms with E-state index in [0.29, 0.717) is 32.2 Å². The Balaban J connectivity index is 1.41. The predicted octanol–water partition coefficient (Wildman–Crippen LogP) is 0.936.